The summed E-state index contributed by atoms with van der Waals surface area (Å²) in [4.78, 5) is 2.16. The summed E-state index contributed by atoms with van der Waals surface area (Å²) < 4.78 is 1.06. The average Bonchev–Trinajstić information content (AvgIpc) is 2.37. The highest BCUT2D eigenvalue weighted by molar-refractivity contribution is 9.10. The summed E-state index contributed by atoms with van der Waals surface area (Å²) in [6.45, 7) is 2.10. The topological polar surface area (TPSA) is 3.24 Å². The van der Waals surface area contributed by atoms with Gasteiger partial charge >= 0.3 is 0 Å². The van der Waals surface area contributed by atoms with Gasteiger partial charge in [0, 0.05) is 28.8 Å². The molecule has 0 spiro atoms. The maximum absolute atomic E-state index is 6.02. The fourth-order valence-corrected chi connectivity index (χ4v) is 2.59. The predicted molar refractivity (Wildman–Crippen MR) is 82.9 cm³/mol. The number of benzene rings is 2. The SMILES string of the molecule is Cc1cccc(N(C)c2ccc(Br)cc2CCl)c1. The summed E-state index contributed by atoms with van der Waals surface area (Å²) in [7, 11) is 2.06. The Bertz CT molecular complexity index is 554. The molecule has 0 saturated heterocycles. The van der Waals surface area contributed by atoms with Crippen molar-refractivity contribution in [1.82, 2.24) is 0 Å². The third-order valence-corrected chi connectivity index (χ3v) is 3.72. The first-order valence-electron chi connectivity index (χ1n) is 5.76. The van der Waals surface area contributed by atoms with E-state index in [1.54, 1.807) is 0 Å². The van der Waals surface area contributed by atoms with Crippen LogP contribution in [0.15, 0.2) is 46.9 Å². The molecule has 0 atom stereocenters. The Morgan fingerprint density at radius 3 is 2.61 bits per heavy atom. The number of anilines is 2. The van der Waals surface area contributed by atoms with Crippen LogP contribution in [0.1, 0.15) is 11.1 Å². The molecule has 3 heteroatoms. The maximum Gasteiger partial charge on any atom is 0.0495 e. The number of nitrogens with zero attached hydrogens (tertiary/aromatic N) is 1. The number of aryl methyl sites for hydroxylation is 1. The van der Waals surface area contributed by atoms with E-state index >= 15 is 0 Å². The van der Waals surface area contributed by atoms with Crippen LogP contribution in [-0.4, -0.2) is 7.05 Å². The maximum atomic E-state index is 6.02. The second kappa shape index (κ2) is 5.77. The zero-order valence-corrected chi connectivity index (χ0v) is 12.8. The van der Waals surface area contributed by atoms with E-state index in [1.165, 1.54) is 11.3 Å². The predicted octanol–water partition coefficient (Wildman–Crippen LogP) is 5.26. The lowest BCUT2D eigenvalue weighted by Gasteiger charge is -2.22. The van der Waals surface area contributed by atoms with Crippen molar-refractivity contribution in [2.75, 3.05) is 11.9 Å². The fraction of sp³-hybridized carbons (Fsp3) is 0.200. The van der Waals surface area contributed by atoms with E-state index in [4.69, 9.17) is 11.6 Å². The van der Waals surface area contributed by atoms with Gasteiger partial charge in [0.2, 0.25) is 0 Å². The van der Waals surface area contributed by atoms with Gasteiger partial charge in [-0.15, -0.1) is 11.6 Å². The van der Waals surface area contributed by atoms with Gasteiger partial charge in [0.25, 0.3) is 0 Å². The zero-order valence-electron chi connectivity index (χ0n) is 10.5. The number of rotatable bonds is 3. The third kappa shape index (κ3) is 2.88. The molecule has 1 nitrogen and oxygen atoms in total. The van der Waals surface area contributed by atoms with Gasteiger partial charge in [-0.25, -0.2) is 0 Å². The molecule has 0 aromatic heterocycles. The minimum absolute atomic E-state index is 0.505. The molecule has 0 aliphatic heterocycles. The van der Waals surface area contributed by atoms with E-state index in [-0.39, 0.29) is 0 Å². The van der Waals surface area contributed by atoms with Crippen LogP contribution < -0.4 is 4.90 Å². The minimum atomic E-state index is 0.505. The Kier molecular flexibility index (Phi) is 4.31. The molecule has 0 aliphatic rings. The van der Waals surface area contributed by atoms with Crippen LogP contribution >= 0.6 is 27.5 Å². The van der Waals surface area contributed by atoms with Crippen LogP contribution in [0.3, 0.4) is 0 Å². The van der Waals surface area contributed by atoms with Gasteiger partial charge in [0.1, 0.15) is 0 Å². The number of halogens is 2. The van der Waals surface area contributed by atoms with Crippen molar-refractivity contribution >= 4 is 38.9 Å². The highest BCUT2D eigenvalue weighted by Crippen LogP contribution is 2.30. The molecule has 18 heavy (non-hydrogen) atoms. The zero-order chi connectivity index (χ0) is 13.1. The molecule has 0 saturated carbocycles. The Labute approximate surface area is 122 Å². The molecule has 0 amide bonds. The first kappa shape index (κ1) is 13.4. The van der Waals surface area contributed by atoms with Crippen molar-refractivity contribution in [2.24, 2.45) is 0 Å². The molecule has 0 fully saturated rings. The van der Waals surface area contributed by atoms with Crippen molar-refractivity contribution in [3.05, 3.63) is 58.1 Å². The number of alkyl halides is 1. The Balaban J connectivity index is 2.42. The lowest BCUT2D eigenvalue weighted by atomic mass is 10.1. The monoisotopic (exact) mass is 323 g/mol. The van der Waals surface area contributed by atoms with Crippen molar-refractivity contribution in [3.8, 4) is 0 Å². The molecule has 2 aromatic carbocycles. The van der Waals surface area contributed by atoms with E-state index in [0.29, 0.717) is 5.88 Å². The molecular formula is C15H15BrClN. The summed E-state index contributed by atoms with van der Waals surface area (Å²) in [5.41, 5.74) is 4.68. The summed E-state index contributed by atoms with van der Waals surface area (Å²) in [6, 6.07) is 14.6. The molecular weight excluding hydrogens is 310 g/mol. The summed E-state index contributed by atoms with van der Waals surface area (Å²) in [5.74, 6) is 0.505. The molecule has 2 aromatic rings. The Morgan fingerprint density at radius 2 is 1.94 bits per heavy atom. The Morgan fingerprint density at radius 1 is 1.17 bits per heavy atom. The normalized spacial score (nSPS) is 10.4. The largest absolute Gasteiger partial charge is 0.344 e. The van der Waals surface area contributed by atoms with Crippen LogP contribution in [0.4, 0.5) is 11.4 Å². The van der Waals surface area contributed by atoms with Gasteiger partial charge in [0.05, 0.1) is 0 Å². The smallest absolute Gasteiger partial charge is 0.0495 e. The molecule has 0 unspecified atom stereocenters. The van der Waals surface area contributed by atoms with Crippen molar-refractivity contribution in [3.63, 3.8) is 0 Å². The van der Waals surface area contributed by atoms with Crippen molar-refractivity contribution in [2.45, 2.75) is 12.8 Å². The average molecular weight is 325 g/mol. The van der Waals surface area contributed by atoms with Gasteiger partial charge < -0.3 is 4.90 Å². The van der Waals surface area contributed by atoms with Crippen molar-refractivity contribution in [1.29, 1.82) is 0 Å². The van der Waals surface area contributed by atoms with Crippen LogP contribution in [0.25, 0.3) is 0 Å². The highest BCUT2D eigenvalue weighted by atomic mass is 79.9. The number of hydrogen-bond donors (Lipinski definition) is 0. The molecule has 0 N–H and O–H groups in total. The second-order valence-corrected chi connectivity index (χ2v) is 5.49. The lowest BCUT2D eigenvalue weighted by Crippen LogP contribution is -2.11. The van der Waals surface area contributed by atoms with Gasteiger partial charge in [-0.1, -0.05) is 28.1 Å². The summed E-state index contributed by atoms with van der Waals surface area (Å²) >= 11 is 9.50. The van der Waals surface area contributed by atoms with E-state index in [9.17, 15) is 0 Å². The fourth-order valence-electron chi connectivity index (χ4n) is 1.96. The minimum Gasteiger partial charge on any atom is -0.344 e. The first-order valence-corrected chi connectivity index (χ1v) is 7.09. The van der Waals surface area contributed by atoms with Crippen LogP contribution in [0, 0.1) is 6.92 Å². The van der Waals surface area contributed by atoms with Gasteiger partial charge in [-0.05, 0) is 48.4 Å². The van der Waals surface area contributed by atoms with E-state index in [0.717, 1.165) is 15.7 Å². The molecule has 0 aliphatic carbocycles. The summed E-state index contributed by atoms with van der Waals surface area (Å²) in [6.07, 6.45) is 0. The molecule has 2 rings (SSSR count). The molecule has 0 radical (unpaired) electrons. The van der Waals surface area contributed by atoms with Gasteiger partial charge in [0.15, 0.2) is 0 Å². The van der Waals surface area contributed by atoms with Crippen molar-refractivity contribution < 1.29 is 0 Å². The van der Waals surface area contributed by atoms with Gasteiger partial charge in [-0.3, -0.25) is 0 Å². The van der Waals surface area contributed by atoms with E-state index < -0.39 is 0 Å². The highest BCUT2D eigenvalue weighted by Gasteiger charge is 2.09. The summed E-state index contributed by atoms with van der Waals surface area (Å²) in [5, 5.41) is 0. The van der Waals surface area contributed by atoms with Gasteiger partial charge in [-0.2, -0.15) is 0 Å². The molecule has 0 heterocycles. The quantitative estimate of drug-likeness (QED) is 0.696. The third-order valence-electron chi connectivity index (χ3n) is 2.94. The Hall–Kier alpha value is -0.990. The first-order chi connectivity index (χ1) is 8.61. The van der Waals surface area contributed by atoms with Crippen LogP contribution in [0.5, 0.6) is 0 Å². The van der Waals surface area contributed by atoms with Crippen LogP contribution in [-0.2, 0) is 5.88 Å². The number of hydrogen-bond acceptors (Lipinski definition) is 1. The van der Waals surface area contributed by atoms with Crippen LogP contribution in [0.2, 0.25) is 0 Å². The molecule has 94 valence electrons. The lowest BCUT2D eigenvalue weighted by molar-refractivity contribution is 1.17. The standard InChI is InChI=1S/C15H15BrClN/c1-11-4-3-5-14(8-11)18(2)15-7-6-13(16)9-12(15)10-17/h3-9H,10H2,1-2H3. The second-order valence-electron chi connectivity index (χ2n) is 4.30. The van der Waals surface area contributed by atoms with E-state index in [1.807, 2.05) is 6.07 Å². The molecule has 0 bridgehead atoms. The van der Waals surface area contributed by atoms with E-state index in [2.05, 4.69) is 71.2 Å².